The molecule has 0 atom stereocenters. The topological polar surface area (TPSA) is 63.6 Å². The molecule has 0 fully saturated rings. The lowest BCUT2D eigenvalue weighted by Crippen LogP contribution is -2.42. The average molecular weight is 390 g/mol. The molecule has 0 aliphatic rings. The highest BCUT2D eigenvalue weighted by Gasteiger charge is 2.16. The largest absolute Gasteiger partial charge is 0.465 e. The molecule has 27 heavy (non-hydrogen) atoms. The summed E-state index contributed by atoms with van der Waals surface area (Å²) in [4.78, 5) is 25.4. The number of rotatable bonds is 9. The lowest BCUT2D eigenvalue weighted by molar-refractivity contribution is -0.141. The van der Waals surface area contributed by atoms with Crippen molar-refractivity contribution in [1.29, 1.82) is 0 Å². The third kappa shape index (κ3) is 6.49. The van der Waals surface area contributed by atoms with Gasteiger partial charge in [-0.3, -0.25) is 4.79 Å². The Balaban J connectivity index is 2.03. The molecule has 1 heterocycles. The molecule has 2 aromatic rings. The molecule has 0 aliphatic heterocycles. The molecule has 6 nitrogen and oxygen atoms in total. The zero-order valence-corrected chi connectivity index (χ0v) is 16.1. The predicted octanol–water partition coefficient (Wildman–Crippen LogP) is 3.45. The van der Waals surface area contributed by atoms with Crippen LogP contribution in [-0.2, 0) is 22.6 Å². The molecule has 0 radical (unpaired) electrons. The highest BCUT2D eigenvalue weighted by atomic mass is 35.5. The van der Waals surface area contributed by atoms with E-state index in [0.717, 1.165) is 11.3 Å². The zero-order chi connectivity index (χ0) is 19.6. The van der Waals surface area contributed by atoms with Gasteiger partial charge >= 0.3 is 12.0 Å². The maximum Gasteiger partial charge on any atom is 0.325 e. The number of urea groups is 1. The molecule has 2 amide bonds. The average Bonchev–Trinajstić information content (AvgIpc) is 3.06. The normalized spacial score (nSPS) is 10.3. The van der Waals surface area contributed by atoms with Crippen LogP contribution in [0.15, 0.2) is 55.3 Å². The number of ether oxygens (including phenoxy) is 1. The van der Waals surface area contributed by atoms with Gasteiger partial charge in [0, 0.05) is 30.0 Å². The lowest BCUT2D eigenvalue weighted by Gasteiger charge is -2.22. The Bertz CT molecular complexity index is 788. The number of aromatic nitrogens is 1. The molecule has 1 aromatic heterocycles. The summed E-state index contributed by atoms with van der Waals surface area (Å²) in [5.74, 6) is -0.464. The molecule has 0 saturated carbocycles. The number of hydrogen-bond donors (Lipinski definition) is 1. The van der Waals surface area contributed by atoms with Crippen LogP contribution >= 0.6 is 11.6 Å². The molecule has 0 bridgehead atoms. The molecule has 1 aromatic carbocycles. The van der Waals surface area contributed by atoms with Gasteiger partial charge < -0.3 is 19.5 Å². The number of halogens is 1. The first-order chi connectivity index (χ1) is 13.0. The molecule has 7 heteroatoms. The van der Waals surface area contributed by atoms with Crippen molar-refractivity contribution in [2.24, 2.45) is 0 Å². The van der Waals surface area contributed by atoms with Gasteiger partial charge in [-0.25, -0.2) is 4.79 Å². The van der Waals surface area contributed by atoms with Crippen LogP contribution in [0.3, 0.4) is 0 Å². The van der Waals surface area contributed by atoms with Crippen LogP contribution in [0.1, 0.15) is 18.2 Å². The molecular formula is C20H24ClN3O3. The summed E-state index contributed by atoms with van der Waals surface area (Å²) in [5, 5.41) is 3.27. The van der Waals surface area contributed by atoms with E-state index in [-0.39, 0.29) is 19.2 Å². The number of nitrogens with one attached hydrogen (secondary N) is 1. The van der Waals surface area contributed by atoms with Crippen molar-refractivity contribution >= 4 is 23.6 Å². The summed E-state index contributed by atoms with van der Waals surface area (Å²) < 4.78 is 6.88. The monoisotopic (exact) mass is 389 g/mol. The molecular weight excluding hydrogens is 366 g/mol. The smallest absolute Gasteiger partial charge is 0.325 e. The second-order valence-corrected chi connectivity index (χ2v) is 6.33. The summed E-state index contributed by atoms with van der Waals surface area (Å²) in [6.45, 7) is 6.93. The van der Waals surface area contributed by atoms with Crippen LogP contribution in [0.2, 0.25) is 5.02 Å². The van der Waals surface area contributed by atoms with Gasteiger partial charge in [-0.15, -0.1) is 6.58 Å². The Kier molecular flexibility index (Phi) is 7.95. The summed E-state index contributed by atoms with van der Waals surface area (Å²) in [7, 11) is 0. The van der Waals surface area contributed by atoms with Gasteiger partial charge in [0.1, 0.15) is 6.54 Å². The highest BCUT2D eigenvalue weighted by Crippen LogP contribution is 2.14. The Hall–Kier alpha value is -2.73. The van der Waals surface area contributed by atoms with Crippen molar-refractivity contribution in [1.82, 2.24) is 14.8 Å². The van der Waals surface area contributed by atoms with Crippen LogP contribution in [0.25, 0.3) is 0 Å². The molecule has 0 saturated heterocycles. The fraction of sp³-hybridized carbons (Fsp3) is 0.300. The second kappa shape index (κ2) is 10.4. The fourth-order valence-corrected chi connectivity index (χ4v) is 2.83. The minimum Gasteiger partial charge on any atom is -0.465 e. The van der Waals surface area contributed by atoms with Gasteiger partial charge in [0.15, 0.2) is 0 Å². The first-order valence-corrected chi connectivity index (χ1v) is 9.09. The van der Waals surface area contributed by atoms with Crippen molar-refractivity contribution in [2.75, 3.05) is 19.7 Å². The number of esters is 1. The van der Waals surface area contributed by atoms with Crippen molar-refractivity contribution < 1.29 is 14.3 Å². The quantitative estimate of drug-likeness (QED) is 0.527. The van der Waals surface area contributed by atoms with Crippen LogP contribution in [0, 0.1) is 0 Å². The van der Waals surface area contributed by atoms with Crippen molar-refractivity contribution in [3.8, 4) is 0 Å². The Morgan fingerprint density at radius 1 is 1.33 bits per heavy atom. The van der Waals surface area contributed by atoms with Crippen LogP contribution in [0.5, 0.6) is 0 Å². The summed E-state index contributed by atoms with van der Waals surface area (Å²) in [5.41, 5.74) is 2.03. The zero-order valence-electron chi connectivity index (χ0n) is 15.4. The van der Waals surface area contributed by atoms with E-state index in [1.807, 2.05) is 42.6 Å². The lowest BCUT2D eigenvalue weighted by atomic mass is 10.2. The first-order valence-electron chi connectivity index (χ1n) is 8.71. The standard InChI is InChI=1S/C20H24ClN3O3/c1-3-10-24(20(26)22-13-19(25)27-4-2)15-18-9-6-11-23(18)14-16-7-5-8-17(21)12-16/h3,5-9,11-12H,1,4,10,13-15H2,2H3,(H,22,26). The Morgan fingerprint density at radius 2 is 2.15 bits per heavy atom. The van der Waals surface area contributed by atoms with E-state index in [0.29, 0.717) is 24.7 Å². The Morgan fingerprint density at radius 3 is 2.85 bits per heavy atom. The van der Waals surface area contributed by atoms with Gasteiger partial charge in [0.25, 0.3) is 0 Å². The van der Waals surface area contributed by atoms with Crippen molar-refractivity contribution in [3.05, 3.63) is 71.5 Å². The van der Waals surface area contributed by atoms with Gasteiger partial charge in [-0.05, 0) is 36.8 Å². The van der Waals surface area contributed by atoms with Crippen LogP contribution in [-0.4, -0.2) is 41.2 Å². The van der Waals surface area contributed by atoms with Gasteiger partial charge in [-0.1, -0.05) is 29.8 Å². The maximum absolute atomic E-state index is 12.4. The molecule has 2 rings (SSSR count). The molecule has 0 unspecified atom stereocenters. The summed E-state index contributed by atoms with van der Waals surface area (Å²) in [6, 6.07) is 11.2. The number of carbonyl (C=O) groups is 2. The SMILES string of the molecule is C=CCN(Cc1cccn1Cc1cccc(Cl)c1)C(=O)NCC(=O)OCC. The van der Waals surface area contributed by atoms with Gasteiger partial charge in [-0.2, -0.15) is 0 Å². The number of nitrogens with zero attached hydrogens (tertiary/aromatic N) is 2. The number of benzene rings is 1. The fourth-order valence-electron chi connectivity index (χ4n) is 2.62. The minimum atomic E-state index is -0.464. The minimum absolute atomic E-state index is 0.163. The van der Waals surface area contributed by atoms with Gasteiger partial charge in [0.05, 0.1) is 13.2 Å². The van der Waals surface area contributed by atoms with Crippen LogP contribution < -0.4 is 5.32 Å². The predicted molar refractivity (Wildman–Crippen MR) is 106 cm³/mol. The van der Waals surface area contributed by atoms with E-state index in [1.165, 1.54) is 0 Å². The molecule has 144 valence electrons. The van der Waals surface area contributed by atoms with Crippen molar-refractivity contribution in [3.63, 3.8) is 0 Å². The molecule has 1 N–H and O–H groups in total. The Labute approximate surface area is 164 Å². The van der Waals surface area contributed by atoms with Crippen LogP contribution in [0.4, 0.5) is 4.79 Å². The number of carbonyl (C=O) groups excluding carboxylic acids is 2. The van der Waals surface area contributed by atoms with E-state index >= 15 is 0 Å². The number of amides is 2. The highest BCUT2D eigenvalue weighted by molar-refractivity contribution is 6.30. The summed E-state index contributed by atoms with van der Waals surface area (Å²) in [6.07, 6.45) is 3.60. The molecule has 0 aliphatic carbocycles. The summed E-state index contributed by atoms with van der Waals surface area (Å²) >= 11 is 6.06. The first kappa shape index (κ1) is 20.6. The molecule has 0 spiro atoms. The van der Waals surface area contributed by atoms with E-state index in [4.69, 9.17) is 16.3 Å². The number of hydrogen-bond acceptors (Lipinski definition) is 3. The van der Waals surface area contributed by atoms with Crippen molar-refractivity contribution in [2.45, 2.75) is 20.0 Å². The maximum atomic E-state index is 12.4. The van der Waals surface area contributed by atoms with E-state index in [9.17, 15) is 9.59 Å². The third-order valence-corrected chi connectivity index (χ3v) is 4.08. The van der Waals surface area contributed by atoms with E-state index in [2.05, 4.69) is 16.5 Å². The van der Waals surface area contributed by atoms with E-state index in [1.54, 1.807) is 17.9 Å². The third-order valence-electron chi connectivity index (χ3n) is 3.84. The van der Waals surface area contributed by atoms with Gasteiger partial charge in [0.2, 0.25) is 0 Å². The second-order valence-electron chi connectivity index (χ2n) is 5.89. The van der Waals surface area contributed by atoms with E-state index < -0.39 is 5.97 Å².